The normalized spacial score (nSPS) is 10.7. The number of imidazole rings is 1. The van der Waals surface area contributed by atoms with E-state index in [1.165, 1.54) is 27.9 Å². The number of aromatic amines is 1. The Morgan fingerprint density at radius 3 is 1.86 bits per heavy atom. The van der Waals surface area contributed by atoms with Gasteiger partial charge in [-0.25, -0.2) is 4.98 Å². The van der Waals surface area contributed by atoms with Gasteiger partial charge >= 0.3 is 0 Å². The van der Waals surface area contributed by atoms with E-state index in [2.05, 4.69) is 66.3 Å². The third-order valence-electron chi connectivity index (χ3n) is 6.32. The molecular weight excluding hydrogens is 494 g/mol. The molecule has 0 unspecified atom stereocenters. The van der Waals surface area contributed by atoms with Crippen molar-refractivity contribution < 1.29 is 0 Å². The van der Waals surface area contributed by atoms with Crippen molar-refractivity contribution in [2.45, 2.75) is 32.5 Å². The third-order valence-corrected chi connectivity index (χ3v) is 6.79. The molecule has 0 saturated heterocycles. The fourth-order valence-electron chi connectivity index (χ4n) is 4.29. The molecule has 0 aliphatic rings. The number of benzene rings is 4. The van der Waals surface area contributed by atoms with Crippen LogP contribution < -0.4 is 0 Å². The van der Waals surface area contributed by atoms with Crippen LogP contribution in [0.25, 0.3) is 0 Å². The van der Waals surface area contributed by atoms with Crippen LogP contribution in [0, 0.1) is 13.8 Å². The number of hydrogen-bond donors (Lipinski definition) is 1. The predicted molar refractivity (Wildman–Crippen MR) is 157 cm³/mol. The van der Waals surface area contributed by atoms with Crippen molar-refractivity contribution in [3.8, 4) is 0 Å². The van der Waals surface area contributed by atoms with E-state index in [-0.39, 0.29) is 5.82 Å². The van der Waals surface area contributed by atoms with Crippen LogP contribution >= 0.6 is 23.2 Å². The number of halogens is 2. The molecule has 184 valence electrons. The van der Waals surface area contributed by atoms with Crippen LogP contribution in [0.3, 0.4) is 0 Å². The molecule has 1 N–H and O–H groups in total. The summed E-state index contributed by atoms with van der Waals surface area (Å²) >= 11 is 11.9. The quantitative estimate of drug-likeness (QED) is 0.222. The first-order chi connectivity index (χ1) is 17.9. The maximum Gasteiger partial charge on any atom is 0.110 e. The molecule has 5 aromatic rings. The van der Waals surface area contributed by atoms with E-state index in [1.54, 1.807) is 0 Å². The molecule has 5 heteroatoms. The van der Waals surface area contributed by atoms with Gasteiger partial charge in [-0.2, -0.15) is 0 Å². The van der Waals surface area contributed by atoms with Crippen LogP contribution in [0.4, 0.5) is 0 Å². The first-order valence-electron chi connectivity index (χ1n) is 12.3. The molecule has 0 spiro atoms. The van der Waals surface area contributed by atoms with E-state index in [0.717, 1.165) is 29.8 Å². The van der Waals surface area contributed by atoms with Gasteiger partial charge in [-0.15, -0.1) is 0 Å². The van der Waals surface area contributed by atoms with Crippen LogP contribution in [0.1, 0.15) is 50.7 Å². The number of aromatic nitrogens is 2. The van der Waals surface area contributed by atoms with Crippen molar-refractivity contribution in [1.82, 2.24) is 9.97 Å². The fourth-order valence-corrected chi connectivity index (χ4v) is 4.69. The molecule has 2 nitrogen and oxygen atoms in total. The highest BCUT2D eigenvalue weighted by molar-refractivity contribution is 6.31. The third kappa shape index (κ3) is 7.61. The molecule has 37 heavy (non-hydrogen) atoms. The SMILES string of the molecule is Cc1cccc(C)c1Cc1ncc(Cc2ccccc2)[nH]1.[B]C(c1cccc(Cl)c1)c1cccc(Cl)c1. The number of rotatable bonds is 6. The second kappa shape index (κ2) is 12.8. The Morgan fingerprint density at radius 1 is 0.730 bits per heavy atom. The van der Waals surface area contributed by atoms with Gasteiger partial charge in [0, 0.05) is 34.8 Å². The van der Waals surface area contributed by atoms with Gasteiger partial charge in [-0.1, -0.05) is 96.0 Å². The summed E-state index contributed by atoms with van der Waals surface area (Å²) in [7, 11) is 6.14. The summed E-state index contributed by atoms with van der Waals surface area (Å²) in [5.41, 5.74) is 8.47. The highest BCUT2D eigenvalue weighted by Gasteiger charge is 2.09. The van der Waals surface area contributed by atoms with E-state index in [1.807, 2.05) is 60.8 Å². The summed E-state index contributed by atoms with van der Waals surface area (Å²) in [5.74, 6) is 0.843. The van der Waals surface area contributed by atoms with Gasteiger partial charge in [0.05, 0.1) is 7.85 Å². The average Bonchev–Trinajstić information content (AvgIpc) is 3.34. The molecule has 4 aromatic carbocycles. The zero-order valence-corrected chi connectivity index (χ0v) is 22.6. The number of hydrogen-bond acceptors (Lipinski definition) is 1. The summed E-state index contributed by atoms with van der Waals surface area (Å²) in [5, 5.41) is 1.38. The van der Waals surface area contributed by atoms with Gasteiger partial charge < -0.3 is 4.98 Å². The smallest absolute Gasteiger partial charge is 0.110 e. The zero-order chi connectivity index (χ0) is 26.2. The minimum absolute atomic E-state index is 0.197. The molecule has 0 atom stereocenters. The monoisotopic (exact) mass is 522 g/mol. The van der Waals surface area contributed by atoms with Crippen molar-refractivity contribution in [3.63, 3.8) is 0 Å². The molecular formula is C32H29BCl2N2. The Balaban J connectivity index is 0.000000180. The van der Waals surface area contributed by atoms with Crippen LogP contribution in [0.5, 0.6) is 0 Å². The highest BCUT2D eigenvalue weighted by Crippen LogP contribution is 2.25. The maximum absolute atomic E-state index is 6.14. The van der Waals surface area contributed by atoms with Gasteiger partial charge in [0.1, 0.15) is 5.82 Å². The molecule has 0 fully saturated rings. The highest BCUT2D eigenvalue weighted by atomic mass is 35.5. The molecule has 0 aliphatic heterocycles. The summed E-state index contributed by atoms with van der Waals surface area (Å²) in [4.78, 5) is 7.99. The van der Waals surface area contributed by atoms with Gasteiger partial charge in [0.2, 0.25) is 0 Å². The van der Waals surface area contributed by atoms with Crippen molar-refractivity contribution in [1.29, 1.82) is 0 Å². The Kier molecular flexibility index (Phi) is 9.27. The summed E-state index contributed by atoms with van der Waals surface area (Å²) in [6.45, 7) is 4.33. The minimum Gasteiger partial charge on any atom is -0.345 e. The Hall–Kier alpha value is -3.27. The number of nitrogens with zero attached hydrogens (tertiary/aromatic N) is 1. The number of H-pyrrole nitrogens is 1. The van der Waals surface area contributed by atoms with E-state index < -0.39 is 0 Å². The molecule has 0 bridgehead atoms. The van der Waals surface area contributed by atoms with Crippen LogP contribution in [-0.2, 0) is 12.8 Å². The standard InChI is InChI=1S/C19H20N2.C13H9BCl2/c1-14-7-6-8-15(2)18(14)12-19-20-13-17(21-19)11-16-9-4-3-5-10-16;14-13(9-3-1-5-11(15)7-9)10-4-2-6-12(16)8-10/h3-10,13H,11-12H2,1-2H3,(H,20,21);1-8,13H. The van der Waals surface area contributed by atoms with Gasteiger partial charge in [0.15, 0.2) is 0 Å². The largest absolute Gasteiger partial charge is 0.345 e. The number of nitrogens with one attached hydrogen (secondary N) is 1. The summed E-state index contributed by atoms with van der Waals surface area (Å²) < 4.78 is 0. The van der Waals surface area contributed by atoms with Gasteiger partial charge in [-0.3, -0.25) is 0 Å². The van der Waals surface area contributed by atoms with Crippen molar-refractivity contribution in [3.05, 3.63) is 158 Å². The topological polar surface area (TPSA) is 28.7 Å². The van der Waals surface area contributed by atoms with E-state index >= 15 is 0 Å². The fraction of sp³-hybridized carbons (Fsp3) is 0.156. The lowest BCUT2D eigenvalue weighted by Gasteiger charge is -2.13. The average molecular weight is 523 g/mol. The summed E-state index contributed by atoms with van der Waals surface area (Å²) in [6, 6.07) is 32.0. The Morgan fingerprint density at radius 2 is 1.30 bits per heavy atom. The number of aryl methyl sites for hydroxylation is 2. The second-order valence-electron chi connectivity index (χ2n) is 9.15. The van der Waals surface area contributed by atoms with Crippen molar-refractivity contribution in [2.24, 2.45) is 0 Å². The lowest BCUT2D eigenvalue weighted by Crippen LogP contribution is -2.00. The lowest BCUT2D eigenvalue weighted by molar-refractivity contribution is 0.982. The van der Waals surface area contributed by atoms with Crippen LogP contribution in [-0.4, -0.2) is 17.8 Å². The lowest BCUT2D eigenvalue weighted by atomic mass is 9.76. The Bertz CT molecular complexity index is 1380. The zero-order valence-electron chi connectivity index (χ0n) is 21.1. The molecule has 0 aliphatic carbocycles. The molecule has 1 aromatic heterocycles. The second-order valence-corrected chi connectivity index (χ2v) is 10.0. The maximum atomic E-state index is 6.14. The van der Waals surface area contributed by atoms with E-state index in [0.29, 0.717) is 10.0 Å². The predicted octanol–water partition coefficient (Wildman–Crippen LogP) is 8.46. The van der Waals surface area contributed by atoms with Gasteiger partial charge in [0.25, 0.3) is 0 Å². The van der Waals surface area contributed by atoms with Crippen molar-refractivity contribution >= 4 is 31.0 Å². The van der Waals surface area contributed by atoms with Crippen LogP contribution in [0.2, 0.25) is 10.0 Å². The first kappa shape index (κ1) is 26.8. The van der Waals surface area contributed by atoms with E-state index in [4.69, 9.17) is 31.0 Å². The molecule has 0 amide bonds. The summed E-state index contributed by atoms with van der Waals surface area (Å²) in [6.07, 6.45) is 3.73. The molecule has 0 saturated carbocycles. The van der Waals surface area contributed by atoms with Crippen LogP contribution in [0.15, 0.2) is 103 Å². The molecule has 5 rings (SSSR count). The van der Waals surface area contributed by atoms with Crippen molar-refractivity contribution in [2.75, 3.05) is 0 Å². The molecule has 2 radical (unpaired) electrons. The van der Waals surface area contributed by atoms with Gasteiger partial charge in [-0.05, 0) is 77.3 Å². The first-order valence-corrected chi connectivity index (χ1v) is 13.0. The molecule has 1 heterocycles. The minimum atomic E-state index is -0.197. The Labute approximate surface area is 231 Å². The van der Waals surface area contributed by atoms with E-state index in [9.17, 15) is 0 Å².